The number of carbonyl (C=O) groups is 1. The highest BCUT2D eigenvalue weighted by atomic mass is 127. The Labute approximate surface area is 143 Å². The summed E-state index contributed by atoms with van der Waals surface area (Å²) in [7, 11) is 1.80. The first-order valence-corrected chi connectivity index (χ1v) is 10.4. The number of benzene rings is 1. The van der Waals surface area contributed by atoms with Gasteiger partial charge in [-0.1, -0.05) is 42.8 Å². The van der Waals surface area contributed by atoms with E-state index in [2.05, 4.69) is 74.4 Å². The van der Waals surface area contributed by atoms with Crippen LogP contribution in [0.4, 0.5) is 0 Å². The van der Waals surface area contributed by atoms with Crippen LogP contribution in [0.2, 0.25) is 0 Å². The van der Waals surface area contributed by atoms with Crippen molar-refractivity contribution < 1.29 is 9.53 Å². The zero-order valence-electron chi connectivity index (χ0n) is 12.7. The molecule has 0 aromatic heterocycles. The van der Waals surface area contributed by atoms with E-state index in [1.54, 1.807) is 16.0 Å². The highest BCUT2D eigenvalue weighted by Gasteiger charge is 2.25. The standard InChI is InChI=1S/C13H16INS.C3H6O2/c1-3-11-4-6-12(7-5-11)13-10(2)8-9-15(13)16-14;1-2-5-3-4/h4-8,13H,3,9H2,1-2H3;3H,2H2,1H3. The number of ether oxygens (including phenoxy) is 1. The first-order chi connectivity index (χ1) is 10.2. The summed E-state index contributed by atoms with van der Waals surface area (Å²) in [5, 5.41) is 0. The Kier molecular flexibility index (Phi) is 9.03. The maximum atomic E-state index is 9.18. The summed E-state index contributed by atoms with van der Waals surface area (Å²) < 4.78 is 6.57. The van der Waals surface area contributed by atoms with Gasteiger partial charge in [-0.3, -0.25) is 4.79 Å². The molecule has 1 unspecified atom stereocenters. The number of rotatable bonds is 5. The zero-order valence-corrected chi connectivity index (χ0v) is 15.7. The van der Waals surface area contributed by atoms with E-state index in [4.69, 9.17) is 0 Å². The number of aryl methyl sites for hydroxylation is 1. The predicted octanol–water partition coefficient (Wildman–Crippen LogP) is 4.73. The fraction of sp³-hybridized carbons (Fsp3) is 0.438. The normalized spacial score (nSPS) is 17.7. The van der Waals surface area contributed by atoms with Gasteiger partial charge in [-0.25, -0.2) is 4.31 Å². The number of nitrogens with zero attached hydrogens (tertiary/aromatic N) is 1. The second kappa shape index (κ2) is 10.2. The van der Waals surface area contributed by atoms with Crippen LogP contribution in [0.25, 0.3) is 0 Å². The number of hydrogen-bond acceptors (Lipinski definition) is 4. The Morgan fingerprint density at radius 3 is 2.48 bits per heavy atom. The molecular formula is C16H22INO2S. The summed E-state index contributed by atoms with van der Waals surface area (Å²) in [6.45, 7) is 8.14. The molecule has 21 heavy (non-hydrogen) atoms. The van der Waals surface area contributed by atoms with Crippen molar-refractivity contribution in [3.63, 3.8) is 0 Å². The lowest BCUT2D eigenvalue weighted by atomic mass is 10.0. The van der Waals surface area contributed by atoms with Gasteiger partial charge >= 0.3 is 0 Å². The molecule has 5 heteroatoms. The van der Waals surface area contributed by atoms with Crippen LogP contribution in [0.1, 0.15) is 37.9 Å². The Hall–Kier alpha value is -0.530. The van der Waals surface area contributed by atoms with Crippen molar-refractivity contribution in [2.24, 2.45) is 0 Å². The topological polar surface area (TPSA) is 29.5 Å². The van der Waals surface area contributed by atoms with Gasteiger partial charge in [-0.05, 0) is 40.5 Å². The zero-order chi connectivity index (χ0) is 15.7. The summed E-state index contributed by atoms with van der Waals surface area (Å²) in [5.74, 6) is 0. The molecule has 0 bridgehead atoms. The third-order valence-corrected chi connectivity index (χ3v) is 5.39. The van der Waals surface area contributed by atoms with E-state index in [-0.39, 0.29) is 0 Å². The molecule has 1 aromatic carbocycles. The van der Waals surface area contributed by atoms with Crippen molar-refractivity contribution in [1.29, 1.82) is 0 Å². The summed E-state index contributed by atoms with van der Waals surface area (Å²) in [5.41, 5.74) is 4.29. The smallest absolute Gasteiger partial charge is 0.293 e. The molecule has 1 aliphatic heterocycles. The predicted molar refractivity (Wildman–Crippen MR) is 98.3 cm³/mol. The van der Waals surface area contributed by atoms with Crippen LogP contribution in [-0.2, 0) is 16.0 Å². The Morgan fingerprint density at radius 1 is 1.38 bits per heavy atom. The molecule has 0 spiro atoms. The molecule has 1 heterocycles. The largest absolute Gasteiger partial charge is 0.468 e. The molecule has 0 saturated heterocycles. The van der Waals surface area contributed by atoms with E-state index in [1.165, 1.54) is 16.7 Å². The molecule has 1 aromatic rings. The lowest BCUT2D eigenvalue weighted by Gasteiger charge is -2.23. The number of carbonyl (C=O) groups excluding carboxylic acids is 1. The summed E-state index contributed by atoms with van der Waals surface area (Å²) in [6, 6.07) is 9.50. The van der Waals surface area contributed by atoms with Gasteiger partial charge in [0, 0.05) is 27.8 Å². The van der Waals surface area contributed by atoms with Gasteiger partial charge in [0.2, 0.25) is 0 Å². The van der Waals surface area contributed by atoms with E-state index in [0.717, 1.165) is 13.0 Å². The molecule has 0 fully saturated rings. The fourth-order valence-corrected chi connectivity index (χ4v) is 3.84. The lowest BCUT2D eigenvalue weighted by Crippen LogP contribution is -2.16. The average Bonchev–Trinajstić information content (AvgIpc) is 2.90. The van der Waals surface area contributed by atoms with E-state index < -0.39 is 0 Å². The Balaban J connectivity index is 0.000000383. The first-order valence-electron chi connectivity index (χ1n) is 7.03. The molecule has 1 atom stereocenters. The Bertz CT molecular complexity index is 462. The van der Waals surface area contributed by atoms with Gasteiger partial charge in [-0.2, -0.15) is 0 Å². The van der Waals surface area contributed by atoms with Gasteiger partial charge in [0.15, 0.2) is 0 Å². The van der Waals surface area contributed by atoms with Crippen LogP contribution in [0.15, 0.2) is 35.9 Å². The van der Waals surface area contributed by atoms with Gasteiger partial charge in [-0.15, -0.1) is 0 Å². The fourth-order valence-electron chi connectivity index (χ4n) is 2.18. The van der Waals surface area contributed by atoms with Crippen molar-refractivity contribution in [2.45, 2.75) is 33.2 Å². The molecule has 2 rings (SSSR count). The van der Waals surface area contributed by atoms with Gasteiger partial charge in [0.25, 0.3) is 6.47 Å². The van der Waals surface area contributed by atoms with Crippen LogP contribution in [0.5, 0.6) is 0 Å². The van der Waals surface area contributed by atoms with Gasteiger partial charge < -0.3 is 4.74 Å². The maximum absolute atomic E-state index is 9.18. The van der Waals surface area contributed by atoms with Crippen LogP contribution in [0, 0.1) is 0 Å². The average molecular weight is 419 g/mol. The van der Waals surface area contributed by atoms with Crippen LogP contribution in [-0.4, -0.2) is 23.9 Å². The van der Waals surface area contributed by atoms with Crippen LogP contribution in [0.3, 0.4) is 0 Å². The second-order valence-corrected chi connectivity index (χ2v) is 6.45. The van der Waals surface area contributed by atoms with Crippen LogP contribution < -0.4 is 0 Å². The van der Waals surface area contributed by atoms with Crippen molar-refractivity contribution >= 4 is 36.8 Å². The molecular weight excluding hydrogens is 397 g/mol. The van der Waals surface area contributed by atoms with E-state index in [0.29, 0.717) is 19.1 Å². The SMILES string of the molecule is CCOC=O.CCc1ccc(C2C(C)=CCN2SI)cc1. The summed E-state index contributed by atoms with van der Waals surface area (Å²) >= 11 is 2.36. The summed E-state index contributed by atoms with van der Waals surface area (Å²) in [4.78, 5) is 9.18. The Morgan fingerprint density at radius 2 is 2.05 bits per heavy atom. The quantitative estimate of drug-likeness (QED) is 0.299. The van der Waals surface area contributed by atoms with Crippen molar-refractivity contribution in [3.05, 3.63) is 47.0 Å². The van der Waals surface area contributed by atoms with Gasteiger partial charge in [0.1, 0.15) is 0 Å². The van der Waals surface area contributed by atoms with E-state index in [9.17, 15) is 4.79 Å². The third kappa shape index (κ3) is 5.64. The minimum absolute atomic E-state index is 0.431. The molecule has 116 valence electrons. The van der Waals surface area contributed by atoms with Crippen molar-refractivity contribution in [3.8, 4) is 0 Å². The minimum Gasteiger partial charge on any atom is -0.468 e. The lowest BCUT2D eigenvalue weighted by molar-refractivity contribution is -0.128. The minimum atomic E-state index is 0.431. The molecule has 0 saturated carbocycles. The van der Waals surface area contributed by atoms with E-state index >= 15 is 0 Å². The number of halogens is 1. The first kappa shape index (κ1) is 18.5. The molecule has 0 N–H and O–H groups in total. The maximum Gasteiger partial charge on any atom is 0.293 e. The molecule has 0 amide bonds. The van der Waals surface area contributed by atoms with Gasteiger partial charge in [0.05, 0.1) is 12.6 Å². The number of hydrogen-bond donors (Lipinski definition) is 0. The third-order valence-electron chi connectivity index (χ3n) is 3.34. The molecule has 0 aliphatic carbocycles. The van der Waals surface area contributed by atoms with Crippen LogP contribution >= 0.6 is 30.3 Å². The van der Waals surface area contributed by atoms with Crippen molar-refractivity contribution in [2.75, 3.05) is 13.2 Å². The molecule has 1 aliphatic rings. The monoisotopic (exact) mass is 419 g/mol. The second-order valence-electron chi connectivity index (χ2n) is 4.67. The van der Waals surface area contributed by atoms with E-state index in [1.807, 2.05) is 0 Å². The highest BCUT2D eigenvalue weighted by Crippen LogP contribution is 2.39. The molecule has 0 radical (unpaired) electrons. The highest BCUT2D eigenvalue weighted by molar-refractivity contribution is 14.2. The molecule has 3 nitrogen and oxygen atoms in total. The van der Waals surface area contributed by atoms with Crippen molar-refractivity contribution in [1.82, 2.24) is 4.31 Å². The summed E-state index contributed by atoms with van der Waals surface area (Å²) in [6.07, 6.45) is 3.44.